The van der Waals surface area contributed by atoms with Gasteiger partial charge in [0.05, 0.1) is 17.6 Å². The standard InChI is InChI=1S/C23H30N2O2S/c1-26-19-5-11-28-20(19)15-24-9-6-22(21-4-2-3-8-25-21)7-10-27-23(16-22)13-17-12-18(17)14-23/h2-5,8,11,17-18,24H,6-7,9-10,12-16H2,1H3. The van der Waals surface area contributed by atoms with Crippen LogP contribution < -0.4 is 10.1 Å². The highest BCUT2D eigenvalue weighted by Gasteiger charge is 2.58. The maximum absolute atomic E-state index is 6.44. The molecule has 0 bridgehead atoms. The normalized spacial score (nSPS) is 33.8. The predicted molar refractivity (Wildman–Crippen MR) is 112 cm³/mol. The Bertz CT molecular complexity index is 798. The minimum Gasteiger partial charge on any atom is -0.496 e. The van der Waals surface area contributed by atoms with E-state index in [1.54, 1.807) is 18.4 Å². The first-order valence-electron chi connectivity index (χ1n) is 10.6. The van der Waals surface area contributed by atoms with Gasteiger partial charge >= 0.3 is 0 Å². The summed E-state index contributed by atoms with van der Waals surface area (Å²) in [5.41, 5.74) is 1.50. The molecular weight excluding hydrogens is 368 g/mol. The fourth-order valence-corrected chi connectivity index (χ4v) is 6.55. The summed E-state index contributed by atoms with van der Waals surface area (Å²) >= 11 is 1.76. The van der Waals surface area contributed by atoms with Crippen molar-refractivity contribution in [1.82, 2.24) is 10.3 Å². The second kappa shape index (κ2) is 7.43. The van der Waals surface area contributed by atoms with Crippen LogP contribution in [0.5, 0.6) is 5.75 Å². The van der Waals surface area contributed by atoms with Crippen molar-refractivity contribution in [3.05, 3.63) is 46.4 Å². The van der Waals surface area contributed by atoms with E-state index >= 15 is 0 Å². The molecule has 1 spiro atoms. The van der Waals surface area contributed by atoms with E-state index in [-0.39, 0.29) is 11.0 Å². The molecular formula is C23H30N2O2S. The molecule has 5 heteroatoms. The number of hydrogen-bond donors (Lipinski definition) is 1. The summed E-state index contributed by atoms with van der Waals surface area (Å²) in [5, 5.41) is 5.76. The van der Waals surface area contributed by atoms with Gasteiger partial charge in [0.2, 0.25) is 0 Å². The van der Waals surface area contributed by atoms with Crippen LogP contribution in [0.15, 0.2) is 35.8 Å². The molecule has 1 N–H and O–H groups in total. The van der Waals surface area contributed by atoms with E-state index < -0.39 is 0 Å². The van der Waals surface area contributed by atoms with E-state index in [4.69, 9.17) is 14.5 Å². The maximum atomic E-state index is 6.44. The Hall–Kier alpha value is -1.43. The molecule has 0 radical (unpaired) electrons. The minimum atomic E-state index is 0.111. The van der Waals surface area contributed by atoms with E-state index in [2.05, 4.69) is 22.8 Å². The van der Waals surface area contributed by atoms with Crippen LogP contribution in [0.4, 0.5) is 0 Å². The van der Waals surface area contributed by atoms with Crippen LogP contribution >= 0.6 is 11.3 Å². The monoisotopic (exact) mass is 398 g/mol. The van der Waals surface area contributed by atoms with Gasteiger partial charge in [-0.3, -0.25) is 4.98 Å². The third kappa shape index (κ3) is 3.49. The molecule has 2 saturated carbocycles. The molecule has 28 heavy (non-hydrogen) atoms. The van der Waals surface area contributed by atoms with Crippen molar-refractivity contribution in [1.29, 1.82) is 0 Å². The number of nitrogens with zero attached hydrogens (tertiary/aromatic N) is 1. The number of rotatable bonds is 7. The first kappa shape index (κ1) is 18.6. The van der Waals surface area contributed by atoms with Crippen molar-refractivity contribution in [3.8, 4) is 5.75 Å². The van der Waals surface area contributed by atoms with Crippen molar-refractivity contribution in [2.45, 2.75) is 56.1 Å². The van der Waals surface area contributed by atoms with Gasteiger partial charge in [0.15, 0.2) is 0 Å². The Balaban J connectivity index is 1.29. The highest BCUT2D eigenvalue weighted by atomic mass is 32.1. The highest BCUT2D eigenvalue weighted by molar-refractivity contribution is 7.10. The molecule has 2 aromatic heterocycles. The van der Waals surface area contributed by atoms with E-state index in [0.29, 0.717) is 0 Å². The van der Waals surface area contributed by atoms with E-state index in [1.165, 1.54) is 29.8 Å². The van der Waals surface area contributed by atoms with Crippen LogP contribution in [-0.4, -0.2) is 30.8 Å². The molecule has 0 amide bonds. The summed E-state index contributed by atoms with van der Waals surface area (Å²) in [4.78, 5) is 6.09. The van der Waals surface area contributed by atoms with Crippen LogP contribution in [-0.2, 0) is 16.7 Å². The summed E-state index contributed by atoms with van der Waals surface area (Å²) in [6, 6.07) is 8.45. The lowest BCUT2D eigenvalue weighted by Gasteiger charge is -2.47. The Morgan fingerprint density at radius 3 is 2.96 bits per heavy atom. The van der Waals surface area contributed by atoms with Gasteiger partial charge in [0.25, 0.3) is 0 Å². The van der Waals surface area contributed by atoms with Crippen molar-refractivity contribution in [3.63, 3.8) is 0 Å². The molecule has 3 fully saturated rings. The predicted octanol–water partition coefficient (Wildman–Crippen LogP) is 4.55. The zero-order valence-corrected chi connectivity index (χ0v) is 17.5. The number of nitrogens with one attached hydrogen (secondary N) is 1. The van der Waals surface area contributed by atoms with Gasteiger partial charge in [-0.1, -0.05) is 6.07 Å². The molecule has 3 atom stereocenters. The number of thiophene rings is 1. The van der Waals surface area contributed by atoms with Gasteiger partial charge in [-0.2, -0.15) is 0 Å². The quantitative estimate of drug-likeness (QED) is 0.695. The van der Waals surface area contributed by atoms with Gasteiger partial charge in [-0.25, -0.2) is 0 Å². The number of fused-ring (bicyclic) bond motifs is 1. The van der Waals surface area contributed by atoms with Crippen LogP contribution in [0, 0.1) is 11.8 Å². The molecule has 1 aliphatic heterocycles. The SMILES string of the molecule is COc1ccsc1CNCCC1(c2ccccn2)CCOC2(CC3CC3C2)C1. The summed E-state index contributed by atoms with van der Waals surface area (Å²) in [6.07, 6.45) is 9.25. The molecule has 2 aliphatic carbocycles. The van der Waals surface area contributed by atoms with Crippen LogP contribution in [0.25, 0.3) is 0 Å². The maximum Gasteiger partial charge on any atom is 0.134 e. The third-order valence-corrected chi connectivity index (χ3v) is 8.09. The molecule has 3 unspecified atom stereocenters. The third-order valence-electron chi connectivity index (χ3n) is 7.19. The molecule has 3 aliphatic rings. The fraction of sp³-hybridized carbons (Fsp3) is 0.609. The number of aromatic nitrogens is 1. The second-order valence-electron chi connectivity index (χ2n) is 8.96. The molecule has 5 rings (SSSR count). The average Bonchev–Trinajstić information content (AvgIpc) is 3.13. The molecule has 4 nitrogen and oxygen atoms in total. The average molecular weight is 399 g/mol. The van der Waals surface area contributed by atoms with Gasteiger partial charge in [-0.15, -0.1) is 11.3 Å². The van der Waals surface area contributed by atoms with E-state index in [9.17, 15) is 0 Å². The number of pyridine rings is 1. The Morgan fingerprint density at radius 1 is 1.29 bits per heavy atom. The van der Waals surface area contributed by atoms with Gasteiger partial charge in [0, 0.05) is 30.5 Å². The summed E-state index contributed by atoms with van der Waals surface area (Å²) in [6.45, 7) is 2.72. The lowest BCUT2D eigenvalue weighted by molar-refractivity contribution is -0.111. The van der Waals surface area contributed by atoms with Crippen LogP contribution in [0.1, 0.15) is 49.1 Å². The fourth-order valence-electron chi connectivity index (χ4n) is 5.74. The Kier molecular flexibility index (Phi) is 4.93. The smallest absolute Gasteiger partial charge is 0.134 e. The highest BCUT2D eigenvalue weighted by Crippen LogP contribution is 2.61. The van der Waals surface area contributed by atoms with E-state index in [1.807, 2.05) is 18.3 Å². The molecule has 150 valence electrons. The van der Waals surface area contributed by atoms with Crippen LogP contribution in [0.3, 0.4) is 0 Å². The first-order valence-corrected chi connectivity index (χ1v) is 11.5. The molecule has 3 heterocycles. The zero-order chi connectivity index (χ0) is 19.0. The van der Waals surface area contributed by atoms with Gasteiger partial charge < -0.3 is 14.8 Å². The van der Waals surface area contributed by atoms with Crippen molar-refractivity contribution in [2.24, 2.45) is 11.8 Å². The van der Waals surface area contributed by atoms with Crippen molar-refractivity contribution >= 4 is 11.3 Å². The first-order chi connectivity index (χ1) is 13.7. The number of ether oxygens (including phenoxy) is 2. The van der Waals surface area contributed by atoms with Gasteiger partial charge in [-0.05, 0) is 80.5 Å². The topological polar surface area (TPSA) is 43.4 Å². The second-order valence-corrected chi connectivity index (χ2v) is 9.96. The molecule has 1 saturated heterocycles. The summed E-state index contributed by atoms with van der Waals surface area (Å²) in [5.74, 6) is 2.86. The summed E-state index contributed by atoms with van der Waals surface area (Å²) in [7, 11) is 1.75. The lowest BCUT2D eigenvalue weighted by Crippen LogP contribution is -2.48. The van der Waals surface area contributed by atoms with Crippen molar-refractivity contribution < 1.29 is 9.47 Å². The zero-order valence-electron chi connectivity index (χ0n) is 16.7. The van der Waals surface area contributed by atoms with E-state index in [0.717, 1.165) is 56.5 Å². The largest absolute Gasteiger partial charge is 0.496 e. The van der Waals surface area contributed by atoms with Crippen molar-refractivity contribution in [2.75, 3.05) is 20.3 Å². The minimum absolute atomic E-state index is 0.111. The lowest BCUT2D eigenvalue weighted by atomic mass is 9.67. The Morgan fingerprint density at radius 2 is 2.18 bits per heavy atom. The molecule has 0 aromatic carbocycles. The summed E-state index contributed by atoms with van der Waals surface area (Å²) < 4.78 is 11.9. The molecule has 2 aromatic rings. The Labute approximate surface area is 171 Å². The number of methoxy groups -OCH3 is 1. The number of hydrogen-bond acceptors (Lipinski definition) is 5. The van der Waals surface area contributed by atoms with Crippen LogP contribution in [0.2, 0.25) is 0 Å². The van der Waals surface area contributed by atoms with Gasteiger partial charge in [0.1, 0.15) is 5.75 Å².